The normalized spacial score (nSPS) is 11.3. The summed E-state index contributed by atoms with van der Waals surface area (Å²) in [5.41, 5.74) is -1.27. The van der Waals surface area contributed by atoms with Crippen molar-refractivity contribution < 1.29 is 27.6 Å². The zero-order valence-electron chi connectivity index (χ0n) is 12.3. The molecule has 0 bridgehead atoms. The first kappa shape index (κ1) is 17.4. The molecular formula is C13H11F3N4O4. The third-order valence-corrected chi connectivity index (χ3v) is 3.06. The fourth-order valence-electron chi connectivity index (χ4n) is 1.87. The van der Waals surface area contributed by atoms with Crippen LogP contribution in [-0.4, -0.2) is 32.0 Å². The van der Waals surface area contributed by atoms with Gasteiger partial charge in [0, 0.05) is 13.1 Å². The van der Waals surface area contributed by atoms with E-state index in [-0.39, 0.29) is 24.5 Å². The molecule has 0 aliphatic heterocycles. The molecule has 24 heavy (non-hydrogen) atoms. The fourth-order valence-corrected chi connectivity index (χ4v) is 1.87. The van der Waals surface area contributed by atoms with Crippen LogP contribution in [0.1, 0.15) is 21.9 Å². The van der Waals surface area contributed by atoms with Crippen molar-refractivity contribution >= 4 is 11.8 Å². The van der Waals surface area contributed by atoms with Crippen LogP contribution in [0.4, 0.5) is 19.0 Å². The number of esters is 1. The first-order valence-corrected chi connectivity index (χ1v) is 6.57. The van der Waals surface area contributed by atoms with Gasteiger partial charge in [-0.15, -0.1) is 0 Å². The van der Waals surface area contributed by atoms with Gasteiger partial charge in [-0.2, -0.15) is 13.2 Å². The number of nitro groups is 1. The van der Waals surface area contributed by atoms with Gasteiger partial charge >= 0.3 is 18.0 Å². The summed E-state index contributed by atoms with van der Waals surface area (Å²) in [7, 11) is 0. The molecule has 0 aliphatic rings. The standard InChI is InChI=1S/C13H11F3N4O4/c1-8-17-7-11(20(22)23)19(8)4-5-24-12(21)9-2-3-10(18-6-9)13(14,15)16/h2-3,6-7H,4-5H2,1H3. The van der Waals surface area contributed by atoms with Crippen molar-refractivity contribution in [2.45, 2.75) is 19.6 Å². The molecule has 11 heteroatoms. The van der Waals surface area contributed by atoms with Crippen LogP contribution < -0.4 is 0 Å². The minimum absolute atomic E-state index is 0.0120. The highest BCUT2D eigenvalue weighted by Crippen LogP contribution is 2.27. The van der Waals surface area contributed by atoms with Gasteiger partial charge in [0.15, 0.2) is 5.82 Å². The number of hydrogen-bond acceptors (Lipinski definition) is 6. The second kappa shape index (κ2) is 6.64. The van der Waals surface area contributed by atoms with Gasteiger partial charge in [0.2, 0.25) is 0 Å². The zero-order valence-corrected chi connectivity index (χ0v) is 12.3. The number of imidazole rings is 1. The summed E-state index contributed by atoms with van der Waals surface area (Å²) in [6.07, 6.45) is -2.76. The van der Waals surface area contributed by atoms with Crippen molar-refractivity contribution in [1.82, 2.24) is 14.5 Å². The van der Waals surface area contributed by atoms with Gasteiger partial charge in [0.1, 0.15) is 25.0 Å². The Morgan fingerprint density at radius 1 is 1.33 bits per heavy atom. The van der Waals surface area contributed by atoms with Crippen LogP contribution in [0, 0.1) is 17.0 Å². The maximum atomic E-state index is 12.4. The van der Waals surface area contributed by atoms with Crippen LogP contribution >= 0.6 is 0 Å². The van der Waals surface area contributed by atoms with Crippen LogP contribution in [-0.2, 0) is 17.5 Å². The first-order chi connectivity index (χ1) is 11.2. The van der Waals surface area contributed by atoms with Crippen molar-refractivity contribution in [2.75, 3.05) is 6.61 Å². The lowest BCUT2D eigenvalue weighted by Gasteiger charge is -2.07. The van der Waals surface area contributed by atoms with Gasteiger partial charge in [0.05, 0.1) is 5.56 Å². The smallest absolute Gasteiger partial charge is 0.433 e. The van der Waals surface area contributed by atoms with Gasteiger partial charge < -0.3 is 14.9 Å². The van der Waals surface area contributed by atoms with Crippen molar-refractivity contribution in [3.8, 4) is 0 Å². The molecule has 0 saturated carbocycles. The largest absolute Gasteiger partial charge is 0.458 e. The Morgan fingerprint density at radius 3 is 2.58 bits per heavy atom. The molecule has 0 N–H and O–H groups in total. The molecule has 8 nitrogen and oxygen atoms in total. The van der Waals surface area contributed by atoms with E-state index in [2.05, 4.69) is 9.97 Å². The number of nitrogens with zero attached hydrogens (tertiary/aromatic N) is 4. The molecule has 0 amide bonds. The van der Waals surface area contributed by atoms with E-state index >= 15 is 0 Å². The number of hydrogen-bond donors (Lipinski definition) is 0. The highest BCUT2D eigenvalue weighted by molar-refractivity contribution is 5.88. The van der Waals surface area contributed by atoms with E-state index in [0.29, 0.717) is 11.9 Å². The summed E-state index contributed by atoms with van der Waals surface area (Å²) < 4.78 is 43.3. The van der Waals surface area contributed by atoms with Crippen molar-refractivity contribution in [3.05, 3.63) is 51.7 Å². The molecule has 0 aromatic carbocycles. The molecule has 0 radical (unpaired) electrons. The number of rotatable bonds is 5. The van der Waals surface area contributed by atoms with Crippen molar-refractivity contribution in [1.29, 1.82) is 0 Å². The summed E-state index contributed by atoms with van der Waals surface area (Å²) >= 11 is 0. The lowest BCUT2D eigenvalue weighted by Crippen LogP contribution is -2.14. The summed E-state index contributed by atoms with van der Waals surface area (Å²) in [5.74, 6) is -0.759. The van der Waals surface area contributed by atoms with E-state index in [0.717, 1.165) is 18.5 Å². The first-order valence-electron chi connectivity index (χ1n) is 6.57. The topological polar surface area (TPSA) is 100 Å². The minimum Gasteiger partial charge on any atom is -0.458 e. The van der Waals surface area contributed by atoms with Gasteiger partial charge in [-0.25, -0.2) is 14.3 Å². The van der Waals surface area contributed by atoms with Crippen LogP contribution in [0.15, 0.2) is 24.5 Å². The van der Waals surface area contributed by atoms with E-state index in [9.17, 15) is 28.1 Å². The number of ether oxygens (including phenoxy) is 1. The molecule has 0 unspecified atom stereocenters. The number of alkyl halides is 3. The molecule has 0 spiro atoms. The fraction of sp³-hybridized carbons (Fsp3) is 0.308. The predicted octanol–water partition coefficient (Wildman–Crippen LogP) is 2.37. The summed E-state index contributed by atoms with van der Waals surface area (Å²) in [5, 5.41) is 10.8. The molecule has 0 aliphatic carbocycles. The molecule has 0 fully saturated rings. The number of halogens is 3. The third kappa shape index (κ3) is 3.86. The van der Waals surface area contributed by atoms with E-state index in [1.165, 1.54) is 4.57 Å². The second-order valence-corrected chi connectivity index (χ2v) is 4.64. The molecule has 0 atom stereocenters. The molecular weight excluding hydrogens is 333 g/mol. The van der Waals surface area contributed by atoms with Crippen molar-refractivity contribution in [2.24, 2.45) is 0 Å². The monoisotopic (exact) mass is 344 g/mol. The number of pyridine rings is 1. The maximum Gasteiger partial charge on any atom is 0.433 e. The predicted molar refractivity (Wildman–Crippen MR) is 73.1 cm³/mol. The van der Waals surface area contributed by atoms with E-state index in [4.69, 9.17) is 4.74 Å². The Hall–Kier alpha value is -2.98. The SMILES string of the molecule is Cc1ncc([N+](=O)[O-])n1CCOC(=O)c1ccc(C(F)(F)F)nc1. The van der Waals surface area contributed by atoms with Gasteiger partial charge in [0.25, 0.3) is 0 Å². The number of aromatic nitrogens is 3. The van der Waals surface area contributed by atoms with E-state index < -0.39 is 22.8 Å². The Labute approximate surface area is 133 Å². The van der Waals surface area contributed by atoms with Crippen LogP contribution in [0.25, 0.3) is 0 Å². The average molecular weight is 344 g/mol. The highest BCUT2D eigenvalue weighted by atomic mass is 19.4. The Morgan fingerprint density at radius 2 is 2.04 bits per heavy atom. The van der Waals surface area contributed by atoms with Crippen LogP contribution in [0.5, 0.6) is 0 Å². The quantitative estimate of drug-likeness (QED) is 0.469. The summed E-state index contributed by atoms with van der Waals surface area (Å²) in [6.45, 7) is 1.33. The Bertz CT molecular complexity index is 756. The van der Waals surface area contributed by atoms with E-state index in [1.54, 1.807) is 6.92 Å². The van der Waals surface area contributed by atoms with Crippen LogP contribution in [0.3, 0.4) is 0 Å². The number of carbonyl (C=O) groups excluding carboxylic acids is 1. The lowest BCUT2D eigenvalue weighted by molar-refractivity contribution is -0.392. The zero-order chi connectivity index (χ0) is 17.9. The average Bonchev–Trinajstić information content (AvgIpc) is 2.88. The Balaban J connectivity index is 1.97. The second-order valence-electron chi connectivity index (χ2n) is 4.64. The number of aryl methyl sites for hydroxylation is 1. The maximum absolute atomic E-state index is 12.4. The third-order valence-electron chi connectivity index (χ3n) is 3.06. The van der Waals surface area contributed by atoms with Gasteiger partial charge in [-0.1, -0.05) is 0 Å². The molecule has 128 valence electrons. The highest BCUT2D eigenvalue weighted by Gasteiger charge is 2.32. The van der Waals surface area contributed by atoms with Gasteiger partial charge in [-0.05, 0) is 17.1 Å². The lowest BCUT2D eigenvalue weighted by atomic mass is 10.2. The summed E-state index contributed by atoms with van der Waals surface area (Å²) in [6, 6.07) is 1.62. The molecule has 2 heterocycles. The minimum atomic E-state index is -4.60. The van der Waals surface area contributed by atoms with Crippen LogP contribution in [0.2, 0.25) is 0 Å². The molecule has 2 aromatic rings. The Kier molecular flexibility index (Phi) is 4.81. The molecule has 0 saturated heterocycles. The van der Waals surface area contributed by atoms with E-state index in [1.807, 2.05) is 0 Å². The van der Waals surface area contributed by atoms with Crippen molar-refractivity contribution in [3.63, 3.8) is 0 Å². The number of carbonyl (C=O) groups is 1. The van der Waals surface area contributed by atoms with Gasteiger partial charge in [-0.3, -0.25) is 4.98 Å². The summed E-state index contributed by atoms with van der Waals surface area (Å²) in [4.78, 5) is 28.9. The molecule has 2 rings (SSSR count). The molecule has 2 aromatic heterocycles.